The maximum Gasteiger partial charge on any atom is 0.573 e. The predicted molar refractivity (Wildman–Crippen MR) is 78.5 cm³/mol. The number of rotatable bonds is 5. The van der Waals surface area contributed by atoms with E-state index in [1.807, 2.05) is 0 Å². The molecule has 23 heavy (non-hydrogen) atoms. The molecule has 0 spiro atoms. The zero-order valence-corrected chi connectivity index (χ0v) is 12.7. The smallest absolute Gasteiger partial charge is 0.405 e. The second-order valence-corrected chi connectivity index (χ2v) is 6.57. The molecule has 2 aliphatic rings. The van der Waals surface area contributed by atoms with Crippen molar-refractivity contribution in [2.45, 2.75) is 45.0 Å². The van der Waals surface area contributed by atoms with Gasteiger partial charge in [-0.3, -0.25) is 4.79 Å². The third kappa shape index (κ3) is 4.18. The largest absolute Gasteiger partial charge is 0.573 e. The lowest BCUT2D eigenvalue weighted by molar-refractivity contribution is -0.274. The Morgan fingerprint density at radius 2 is 2.00 bits per heavy atom. The lowest BCUT2D eigenvalue weighted by Gasteiger charge is -2.21. The van der Waals surface area contributed by atoms with Crippen LogP contribution in [0.1, 0.15) is 37.7 Å². The first kappa shape index (κ1) is 16.1. The summed E-state index contributed by atoms with van der Waals surface area (Å²) >= 11 is 0. The highest BCUT2D eigenvalue weighted by molar-refractivity contribution is 5.76. The van der Waals surface area contributed by atoms with Gasteiger partial charge in [0.15, 0.2) is 0 Å². The highest BCUT2D eigenvalue weighted by Crippen LogP contribution is 2.49. The van der Waals surface area contributed by atoms with E-state index in [1.54, 1.807) is 6.07 Å². The molecule has 3 rings (SSSR count). The van der Waals surface area contributed by atoms with Gasteiger partial charge in [0.25, 0.3) is 0 Å². The van der Waals surface area contributed by atoms with Crippen molar-refractivity contribution in [1.29, 1.82) is 0 Å². The summed E-state index contributed by atoms with van der Waals surface area (Å²) in [5.74, 6) is 1.52. The maximum atomic E-state index is 12.4. The molecule has 0 aromatic heterocycles. The molecule has 1 aromatic carbocycles. The van der Waals surface area contributed by atoms with Crippen LogP contribution in [0.3, 0.4) is 0 Å². The summed E-state index contributed by atoms with van der Waals surface area (Å²) in [6.45, 7) is 0.0475. The molecule has 2 aliphatic carbocycles. The Morgan fingerprint density at radius 1 is 1.22 bits per heavy atom. The number of carbonyl (C=O) groups is 1. The molecule has 0 aliphatic heterocycles. The fourth-order valence-electron chi connectivity index (χ4n) is 4.00. The number of benzene rings is 1. The molecule has 6 heteroatoms. The number of ether oxygens (including phenoxy) is 1. The molecule has 3 atom stereocenters. The van der Waals surface area contributed by atoms with Crippen molar-refractivity contribution in [3.8, 4) is 5.75 Å². The zero-order valence-electron chi connectivity index (χ0n) is 12.7. The minimum atomic E-state index is -4.73. The first-order chi connectivity index (χ1) is 10.9. The highest BCUT2D eigenvalue weighted by Gasteiger charge is 2.40. The van der Waals surface area contributed by atoms with E-state index in [4.69, 9.17) is 0 Å². The molecule has 2 bridgehead atoms. The molecule has 0 radical (unpaired) electrons. The normalized spacial score (nSPS) is 26.3. The van der Waals surface area contributed by atoms with Crippen molar-refractivity contribution >= 4 is 5.91 Å². The van der Waals surface area contributed by atoms with E-state index >= 15 is 0 Å². The van der Waals surface area contributed by atoms with Gasteiger partial charge < -0.3 is 10.1 Å². The quantitative estimate of drug-likeness (QED) is 0.887. The van der Waals surface area contributed by atoms with Gasteiger partial charge >= 0.3 is 6.36 Å². The van der Waals surface area contributed by atoms with Gasteiger partial charge in [0.05, 0.1) is 0 Å². The van der Waals surface area contributed by atoms with Crippen LogP contribution in [-0.2, 0) is 11.3 Å². The Labute approximate surface area is 133 Å². The minimum Gasteiger partial charge on any atom is -0.405 e. The standard InChI is InChI=1S/C17H20F3NO2/c18-17(19,20)23-15-4-2-1-3-13(15)10-21-16(22)9-14-8-11-5-6-12(14)7-11/h1-4,11-12,14H,5-10H2,(H,21,22)/t11-,12-,14-/m1/s1. The van der Waals surface area contributed by atoms with E-state index in [2.05, 4.69) is 10.1 Å². The van der Waals surface area contributed by atoms with Crippen molar-refractivity contribution < 1.29 is 22.7 Å². The molecule has 1 N–H and O–H groups in total. The molecule has 0 saturated heterocycles. The van der Waals surface area contributed by atoms with Crippen molar-refractivity contribution in [1.82, 2.24) is 5.32 Å². The van der Waals surface area contributed by atoms with Gasteiger partial charge in [0.1, 0.15) is 5.75 Å². The minimum absolute atomic E-state index is 0.0475. The van der Waals surface area contributed by atoms with Gasteiger partial charge in [0, 0.05) is 18.5 Å². The number of hydrogen-bond acceptors (Lipinski definition) is 2. The number of halogens is 3. The average molecular weight is 327 g/mol. The summed E-state index contributed by atoms with van der Waals surface area (Å²) in [7, 11) is 0. The number of nitrogens with one attached hydrogen (secondary N) is 1. The maximum absolute atomic E-state index is 12.4. The van der Waals surface area contributed by atoms with Crippen LogP contribution in [-0.4, -0.2) is 12.3 Å². The van der Waals surface area contributed by atoms with Crippen LogP contribution in [0.25, 0.3) is 0 Å². The molecule has 1 aromatic rings. The number of amides is 1. The van der Waals surface area contributed by atoms with Crippen molar-refractivity contribution in [2.75, 3.05) is 0 Å². The van der Waals surface area contributed by atoms with Gasteiger partial charge in [-0.2, -0.15) is 0 Å². The molecule has 0 unspecified atom stereocenters. The van der Waals surface area contributed by atoms with Crippen LogP contribution in [0.15, 0.2) is 24.3 Å². The van der Waals surface area contributed by atoms with Crippen LogP contribution >= 0.6 is 0 Å². The fourth-order valence-corrected chi connectivity index (χ4v) is 4.00. The first-order valence-corrected chi connectivity index (χ1v) is 8.01. The van der Waals surface area contributed by atoms with E-state index in [-0.39, 0.29) is 18.2 Å². The average Bonchev–Trinajstić information content (AvgIpc) is 3.07. The summed E-state index contributed by atoms with van der Waals surface area (Å²) in [6, 6.07) is 5.88. The van der Waals surface area contributed by atoms with E-state index in [9.17, 15) is 18.0 Å². The van der Waals surface area contributed by atoms with Crippen molar-refractivity contribution in [2.24, 2.45) is 17.8 Å². The molecule has 1 amide bonds. The lowest BCUT2D eigenvalue weighted by atomic mass is 9.86. The van der Waals surface area contributed by atoms with Crippen molar-refractivity contribution in [3.63, 3.8) is 0 Å². The zero-order chi connectivity index (χ0) is 16.4. The molecular formula is C17H20F3NO2. The Bertz CT molecular complexity index is 573. The summed E-state index contributed by atoms with van der Waals surface area (Å²) in [4.78, 5) is 12.1. The highest BCUT2D eigenvalue weighted by atomic mass is 19.4. The van der Waals surface area contributed by atoms with Gasteiger partial charge in [-0.1, -0.05) is 24.6 Å². The van der Waals surface area contributed by atoms with Gasteiger partial charge in [-0.15, -0.1) is 13.2 Å². The number of alkyl halides is 3. The number of para-hydroxylation sites is 1. The Morgan fingerprint density at radius 3 is 2.65 bits per heavy atom. The topological polar surface area (TPSA) is 38.3 Å². The molecule has 2 saturated carbocycles. The van der Waals surface area contributed by atoms with Crippen LogP contribution in [0, 0.1) is 17.8 Å². The summed E-state index contributed by atoms with van der Waals surface area (Å²) < 4.78 is 41.1. The molecular weight excluding hydrogens is 307 g/mol. The monoisotopic (exact) mass is 327 g/mol. The summed E-state index contributed by atoms with van der Waals surface area (Å²) in [5.41, 5.74) is 0.325. The molecule has 2 fully saturated rings. The van der Waals surface area contributed by atoms with Crippen LogP contribution in [0.2, 0.25) is 0 Å². The van der Waals surface area contributed by atoms with Crippen LogP contribution < -0.4 is 10.1 Å². The van der Waals surface area contributed by atoms with Gasteiger partial charge in [-0.25, -0.2) is 0 Å². The Hall–Kier alpha value is -1.72. The summed E-state index contributed by atoms with van der Waals surface area (Å²) in [6.07, 6.45) is 0.592. The third-order valence-electron chi connectivity index (χ3n) is 5.01. The number of hydrogen-bond donors (Lipinski definition) is 1. The van der Waals surface area contributed by atoms with E-state index < -0.39 is 6.36 Å². The third-order valence-corrected chi connectivity index (χ3v) is 5.01. The number of fused-ring (bicyclic) bond motifs is 2. The molecule has 126 valence electrons. The van der Waals surface area contributed by atoms with Gasteiger partial charge in [0.2, 0.25) is 5.91 Å². The first-order valence-electron chi connectivity index (χ1n) is 8.01. The van der Waals surface area contributed by atoms with Crippen LogP contribution in [0.4, 0.5) is 13.2 Å². The summed E-state index contributed by atoms with van der Waals surface area (Å²) in [5, 5.41) is 2.73. The fraction of sp³-hybridized carbons (Fsp3) is 0.588. The van der Waals surface area contributed by atoms with E-state index in [0.29, 0.717) is 23.8 Å². The van der Waals surface area contributed by atoms with E-state index in [0.717, 1.165) is 12.3 Å². The van der Waals surface area contributed by atoms with E-state index in [1.165, 1.54) is 37.5 Å². The molecule has 0 heterocycles. The van der Waals surface area contributed by atoms with Crippen LogP contribution in [0.5, 0.6) is 5.75 Å². The predicted octanol–water partition coefficient (Wildman–Crippen LogP) is 4.03. The molecule has 3 nitrogen and oxygen atoms in total. The second kappa shape index (κ2) is 6.42. The number of carbonyl (C=O) groups excluding carboxylic acids is 1. The Kier molecular flexibility index (Phi) is 4.50. The lowest BCUT2D eigenvalue weighted by Crippen LogP contribution is -2.27. The Balaban J connectivity index is 1.53. The second-order valence-electron chi connectivity index (χ2n) is 6.57. The van der Waals surface area contributed by atoms with Crippen molar-refractivity contribution in [3.05, 3.63) is 29.8 Å². The van der Waals surface area contributed by atoms with Gasteiger partial charge in [-0.05, 0) is 43.1 Å². The SMILES string of the molecule is O=C(C[C@H]1C[C@@H]2CC[C@@H]1C2)NCc1ccccc1OC(F)(F)F.